The van der Waals surface area contributed by atoms with Crippen molar-refractivity contribution in [1.82, 2.24) is 9.47 Å². The molecule has 2 bridgehead atoms. The van der Waals surface area contributed by atoms with E-state index in [0.717, 1.165) is 25.2 Å². The quantitative estimate of drug-likeness (QED) is 0.733. The number of pyridine rings is 1. The van der Waals surface area contributed by atoms with Crippen LogP contribution in [0.1, 0.15) is 18.0 Å². The van der Waals surface area contributed by atoms with Crippen molar-refractivity contribution in [2.45, 2.75) is 23.8 Å². The van der Waals surface area contributed by atoms with E-state index in [0.29, 0.717) is 23.3 Å². The molecule has 142 valence electrons. The lowest BCUT2D eigenvalue weighted by Gasteiger charge is -2.43. The Kier molecular flexibility index (Phi) is 4.53. The fourth-order valence-corrected chi connectivity index (χ4v) is 4.78. The minimum atomic E-state index is -3.71. The van der Waals surface area contributed by atoms with Crippen LogP contribution in [0.15, 0.2) is 52.2 Å². The molecule has 1 saturated heterocycles. The Morgan fingerprint density at radius 3 is 2.56 bits per heavy atom. The molecule has 7 nitrogen and oxygen atoms in total. The van der Waals surface area contributed by atoms with Crippen LogP contribution >= 0.6 is 12.2 Å². The van der Waals surface area contributed by atoms with Crippen LogP contribution in [0.25, 0.3) is 0 Å². The van der Waals surface area contributed by atoms with Gasteiger partial charge in [-0.1, -0.05) is 6.07 Å². The summed E-state index contributed by atoms with van der Waals surface area (Å²) in [7, 11) is -3.71. The van der Waals surface area contributed by atoms with Gasteiger partial charge in [-0.25, -0.2) is 13.6 Å². The number of sulfonamides is 1. The predicted molar refractivity (Wildman–Crippen MR) is 107 cm³/mol. The standard InChI is InChI=1S/C18H20N4O3S2/c19-27(24,25)15-6-4-14(5-7-15)20-18(26)21-9-12-8-13(11-21)16-2-1-3-17(23)22(16)10-12/h1-7,12-13H,8-11H2,(H,20,26)(H2,19,24,25). The molecule has 0 radical (unpaired) electrons. The zero-order valence-corrected chi connectivity index (χ0v) is 16.2. The molecule has 0 amide bonds. The van der Waals surface area contributed by atoms with Gasteiger partial charge in [0.05, 0.1) is 4.90 Å². The van der Waals surface area contributed by atoms with Crippen molar-refractivity contribution in [2.75, 3.05) is 18.4 Å². The molecule has 9 heteroatoms. The van der Waals surface area contributed by atoms with Crippen LogP contribution in [0.2, 0.25) is 0 Å². The Bertz CT molecular complexity index is 1050. The number of benzene rings is 1. The molecule has 2 unspecified atom stereocenters. The number of primary sulfonamides is 1. The molecule has 2 aliphatic rings. The third-order valence-electron chi connectivity index (χ3n) is 5.20. The van der Waals surface area contributed by atoms with Crippen molar-refractivity contribution in [2.24, 2.45) is 11.1 Å². The summed E-state index contributed by atoms with van der Waals surface area (Å²) >= 11 is 5.57. The lowest BCUT2D eigenvalue weighted by molar-refractivity contribution is 0.180. The molecule has 27 heavy (non-hydrogen) atoms. The summed E-state index contributed by atoms with van der Waals surface area (Å²) in [6, 6.07) is 11.6. The molecule has 2 aromatic rings. The van der Waals surface area contributed by atoms with Crippen LogP contribution in [-0.4, -0.2) is 36.1 Å². The second-order valence-corrected chi connectivity index (χ2v) is 9.05. The first kappa shape index (κ1) is 18.1. The molecular weight excluding hydrogens is 384 g/mol. The largest absolute Gasteiger partial charge is 0.348 e. The highest BCUT2D eigenvalue weighted by atomic mass is 32.2. The van der Waals surface area contributed by atoms with Gasteiger partial charge in [-0.2, -0.15) is 0 Å². The molecule has 1 aromatic heterocycles. The number of nitrogens with zero attached hydrogens (tertiary/aromatic N) is 2. The molecule has 4 rings (SSSR count). The van der Waals surface area contributed by atoms with Crippen molar-refractivity contribution >= 4 is 33.0 Å². The van der Waals surface area contributed by atoms with E-state index in [4.69, 9.17) is 17.4 Å². The van der Waals surface area contributed by atoms with E-state index in [9.17, 15) is 13.2 Å². The summed E-state index contributed by atoms with van der Waals surface area (Å²) in [5, 5.41) is 8.89. The highest BCUT2D eigenvalue weighted by Crippen LogP contribution is 2.35. The second-order valence-electron chi connectivity index (χ2n) is 7.10. The number of likely N-dealkylation sites (tertiary alicyclic amines) is 1. The maximum absolute atomic E-state index is 12.1. The van der Waals surface area contributed by atoms with Gasteiger partial charge in [0.15, 0.2) is 5.11 Å². The van der Waals surface area contributed by atoms with Gasteiger partial charge in [-0.05, 0) is 54.9 Å². The Morgan fingerprint density at radius 2 is 1.85 bits per heavy atom. The average Bonchev–Trinajstić information content (AvgIpc) is 2.62. The van der Waals surface area contributed by atoms with E-state index in [-0.39, 0.29) is 16.4 Å². The normalized spacial score (nSPS) is 21.4. The first-order valence-electron chi connectivity index (χ1n) is 8.70. The van der Waals surface area contributed by atoms with Gasteiger partial charge in [-0.3, -0.25) is 4.79 Å². The van der Waals surface area contributed by atoms with E-state index in [1.807, 2.05) is 16.7 Å². The van der Waals surface area contributed by atoms with E-state index in [2.05, 4.69) is 10.2 Å². The van der Waals surface area contributed by atoms with Crippen molar-refractivity contribution in [3.8, 4) is 0 Å². The summed E-state index contributed by atoms with van der Waals surface area (Å²) in [4.78, 5) is 14.3. The number of hydrogen-bond donors (Lipinski definition) is 2. The van der Waals surface area contributed by atoms with E-state index < -0.39 is 10.0 Å². The summed E-state index contributed by atoms with van der Waals surface area (Å²) in [6.07, 6.45) is 1.06. The molecule has 1 fully saturated rings. The van der Waals surface area contributed by atoms with Crippen molar-refractivity contribution in [3.63, 3.8) is 0 Å². The summed E-state index contributed by atoms with van der Waals surface area (Å²) in [5.74, 6) is 0.650. The number of thiocarbonyl (C=S) groups is 1. The predicted octanol–water partition coefficient (Wildman–Crippen LogP) is 1.31. The molecule has 0 spiro atoms. The molecule has 3 heterocycles. The van der Waals surface area contributed by atoms with E-state index in [1.54, 1.807) is 18.2 Å². The Morgan fingerprint density at radius 1 is 1.11 bits per heavy atom. The van der Waals surface area contributed by atoms with Crippen LogP contribution in [0, 0.1) is 5.92 Å². The maximum Gasteiger partial charge on any atom is 0.250 e. The highest BCUT2D eigenvalue weighted by molar-refractivity contribution is 7.89. The van der Waals surface area contributed by atoms with Crippen molar-refractivity contribution < 1.29 is 8.42 Å². The van der Waals surface area contributed by atoms with Crippen molar-refractivity contribution in [3.05, 3.63) is 58.5 Å². The number of fused-ring (bicyclic) bond motifs is 4. The minimum absolute atomic E-state index is 0.0614. The fraction of sp³-hybridized carbons (Fsp3) is 0.333. The molecule has 2 aliphatic heterocycles. The second kappa shape index (κ2) is 6.74. The Labute approximate surface area is 162 Å². The Balaban J connectivity index is 1.49. The summed E-state index contributed by atoms with van der Waals surface area (Å²) in [6.45, 7) is 2.26. The number of anilines is 1. The van der Waals surface area contributed by atoms with Crippen LogP contribution < -0.4 is 16.0 Å². The summed E-state index contributed by atoms with van der Waals surface area (Å²) < 4.78 is 24.6. The SMILES string of the molecule is NS(=O)(=O)c1ccc(NC(=S)N2CC3CC(C2)c2cccc(=O)n2C3)cc1. The van der Waals surface area contributed by atoms with Gasteiger partial charge in [-0.15, -0.1) is 0 Å². The molecular formula is C18H20N4O3S2. The lowest BCUT2D eigenvalue weighted by Crippen LogP contribution is -2.50. The third-order valence-corrected chi connectivity index (χ3v) is 6.49. The van der Waals surface area contributed by atoms with Crippen LogP contribution in [0.4, 0.5) is 5.69 Å². The third kappa shape index (κ3) is 3.62. The van der Waals surface area contributed by atoms with E-state index in [1.165, 1.54) is 12.1 Å². The number of rotatable bonds is 2. The highest BCUT2D eigenvalue weighted by Gasteiger charge is 2.35. The average molecular weight is 405 g/mol. The topological polar surface area (TPSA) is 97.4 Å². The summed E-state index contributed by atoms with van der Waals surface area (Å²) in [5.41, 5.74) is 1.84. The molecule has 0 aliphatic carbocycles. The van der Waals surface area contributed by atoms with Crippen LogP contribution in [0.3, 0.4) is 0 Å². The smallest absolute Gasteiger partial charge is 0.250 e. The van der Waals surface area contributed by atoms with Gasteiger partial charge >= 0.3 is 0 Å². The van der Waals surface area contributed by atoms with Crippen molar-refractivity contribution in [1.29, 1.82) is 0 Å². The van der Waals surface area contributed by atoms with Gasteiger partial charge in [0.25, 0.3) is 5.56 Å². The van der Waals surface area contributed by atoms with Crippen LogP contribution in [-0.2, 0) is 16.6 Å². The lowest BCUT2D eigenvalue weighted by atomic mass is 9.83. The molecule has 3 N–H and O–H groups in total. The minimum Gasteiger partial charge on any atom is -0.348 e. The van der Waals surface area contributed by atoms with Crippen LogP contribution in [0.5, 0.6) is 0 Å². The zero-order chi connectivity index (χ0) is 19.2. The first-order chi connectivity index (χ1) is 12.8. The zero-order valence-electron chi connectivity index (χ0n) is 14.5. The Hall–Kier alpha value is -2.23. The fourth-order valence-electron chi connectivity index (χ4n) is 3.99. The van der Waals surface area contributed by atoms with E-state index >= 15 is 0 Å². The van der Waals surface area contributed by atoms with Gasteiger partial charge in [0.1, 0.15) is 0 Å². The van der Waals surface area contributed by atoms with Gasteiger partial charge in [0, 0.05) is 43.0 Å². The maximum atomic E-state index is 12.1. The first-order valence-corrected chi connectivity index (χ1v) is 10.7. The number of aromatic nitrogens is 1. The molecule has 1 aromatic carbocycles. The number of hydrogen-bond acceptors (Lipinski definition) is 4. The molecule has 0 saturated carbocycles. The number of nitrogens with one attached hydrogen (secondary N) is 1. The van der Waals surface area contributed by atoms with Gasteiger partial charge < -0.3 is 14.8 Å². The number of nitrogens with two attached hydrogens (primary N) is 1. The molecule has 2 atom stereocenters. The monoisotopic (exact) mass is 404 g/mol. The number of piperidine rings is 1. The van der Waals surface area contributed by atoms with Gasteiger partial charge in [0.2, 0.25) is 10.0 Å².